The smallest absolute Gasteiger partial charge is 0.339 e. The van der Waals surface area contributed by atoms with Gasteiger partial charge in [0.1, 0.15) is 15.7 Å². The molecule has 0 aromatic heterocycles. The Hall–Kier alpha value is -1.95. The zero-order valence-electron chi connectivity index (χ0n) is 12.5. The molecule has 24 heavy (non-hydrogen) atoms. The van der Waals surface area contributed by atoms with Crippen LogP contribution < -0.4 is 8.92 Å². The van der Waals surface area contributed by atoms with E-state index in [-0.39, 0.29) is 20.7 Å². The lowest BCUT2D eigenvalue weighted by atomic mass is 10.1. The van der Waals surface area contributed by atoms with Gasteiger partial charge in [0.05, 0.1) is 12.1 Å². The number of benzene rings is 3. The zero-order valence-corrected chi connectivity index (χ0v) is 14.8. The Balaban J connectivity index is 2.14. The third kappa shape index (κ3) is 3.02. The van der Waals surface area contributed by atoms with Crippen LogP contribution in [0.5, 0.6) is 11.5 Å². The fourth-order valence-corrected chi connectivity index (χ4v) is 3.87. The van der Waals surface area contributed by atoms with Gasteiger partial charge in [-0.25, -0.2) is 0 Å². The molecule has 124 valence electrons. The van der Waals surface area contributed by atoms with E-state index in [1.807, 2.05) is 0 Å². The molecule has 0 spiro atoms. The van der Waals surface area contributed by atoms with Gasteiger partial charge in [-0.05, 0) is 24.3 Å². The highest BCUT2D eigenvalue weighted by Gasteiger charge is 2.22. The van der Waals surface area contributed by atoms with E-state index in [0.29, 0.717) is 16.5 Å². The Morgan fingerprint density at radius 1 is 0.833 bits per heavy atom. The number of fused-ring (bicyclic) bond motifs is 1. The monoisotopic (exact) mass is 382 g/mol. The number of rotatable bonds is 4. The topological polar surface area (TPSA) is 52.6 Å². The number of ether oxygens (including phenoxy) is 1. The molecule has 0 unspecified atom stereocenters. The summed E-state index contributed by atoms with van der Waals surface area (Å²) < 4.78 is 35.9. The van der Waals surface area contributed by atoms with Crippen molar-refractivity contribution >= 4 is 44.1 Å². The standard InChI is InChI=1S/C17H12Cl2O4S/c1-22-14-9-10-16(12-6-3-2-5-11(12)14)24(20,21)23-15-8-4-7-13(18)17(15)19/h2-10H,1H3. The summed E-state index contributed by atoms with van der Waals surface area (Å²) in [6, 6.07) is 14.6. The molecule has 3 rings (SSSR count). The van der Waals surface area contributed by atoms with E-state index in [1.54, 1.807) is 42.5 Å². The van der Waals surface area contributed by atoms with E-state index in [9.17, 15) is 8.42 Å². The van der Waals surface area contributed by atoms with E-state index in [4.69, 9.17) is 32.1 Å². The lowest BCUT2D eigenvalue weighted by molar-refractivity contribution is 0.419. The summed E-state index contributed by atoms with van der Waals surface area (Å²) in [5.41, 5.74) is 0. The Morgan fingerprint density at radius 3 is 2.25 bits per heavy atom. The number of hydrogen-bond acceptors (Lipinski definition) is 4. The maximum Gasteiger partial charge on any atom is 0.339 e. The molecule has 0 amide bonds. The van der Waals surface area contributed by atoms with Crippen LogP contribution in [0, 0.1) is 0 Å². The molecule has 0 N–H and O–H groups in total. The van der Waals surface area contributed by atoms with Crippen molar-refractivity contribution in [1.29, 1.82) is 0 Å². The molecule has 3 aromatic rings. The molecular formula is C17H12Cl2O4S. The molecule has 0 aliphatic rings. The second-order valence-corrected chi connectivity index (χ2v) is 7.20. The second-order valence-electron chi connectivity index (χ2n) is 4.90. The van der Waals surface area contributed by atoms with E-state index in [0.717, 1.165) is 0 Å². The van der Waals surface area contributed by atoms with Crippen molar-refractivity contribution in [2.75, 3.05) is 7.11 Å². The number of methoxy groups -OCH3 is 1. The molecule has 0 atom stereocenters. The predicted molar refractivity (Wildman–Crippen MR) is 94.8 cm³/mol. The first-order valence-electron chi connectivity index (χ1n) is 6.88. The summed E-state index contributed by atoms with van der Waals surface area (Å²) in [6.45, 7) is 0. The quantitative estimate of drug-likeness (QED) is 0.600. The normalized spacial score (nSPS) is 11.5. The summed E-state index contributed by atoms with van der Waals surface area (Å²) >= 11 is 11.9. The molecule has 0 radical (unpaired) electrons. The SMILES string of the molecule is COc1ccc(S(=O)(=O)Oc2cccc(Cl)c2Cl)c2ccccc12. The lowest BCUT2D eigenvalue weighted by Gasteiger charge is -2.13. The van der Waals surface area contributed by atoms with Crippen LogP contribution in [0.2, 0.25) is 10.0 Å². The van der Waals surface area contributed by atoms with Crippen LogP contribution in [-0.4, -0.2) is 15.5 Å². The lowest BCUT2D eigenvalue weighted by Crippen LogP contribution is -2.11. The summed E-state index contributed by atoms with van der Waals surface area (Å²) in [7, 11) is -2.58. The molecule has 0 saturated carbocycles. The van der Waals surface area contributed by atoms with Crippen LogP contribution in [0.3, 0.4) is 0 Å². The molecule has 0 saturated heterocycles. The minimum Gasteiger partial charge on any atom is -0.496 e. The third-order valence-electron chi connectivity index (χ3n) is 3.45. The van der Waals surface area contributed by atoms with Gasteiger partial charge >= 0.3 is 10.1 Å². The van der Waals surface area contributed by atoms with Gasteiger partial charge in [0.15, 0.2) is 5.75 Å². The fraction of sp³-hybridized carbons (Fsp3) is 0.0588. The van der Waals surface area contributed by atoms with Crippen LogP contribution in [-0.2, 0) is 10.1 Å². The average Bonchev–Trinajstić information content (AvgIpc) is 2.57. The van der Waals surface area contributed by atoms with Crippen molar-refractivity contribution in [1.82, 2.24) is 0 Å². The highest BCUT2D eigenvalue weighted by atomic mass is 35.5. The first kappa shape index (κ1) is 16.9. The van der Waals surface area contributed by atoms with Crippen molar-refractivity contribution in [2.24, 2.45) is 0 Å². The van der Waals surface area contributed by atoms with Crippen molar-refractivity contribution in [3.8, 4) is 11.5 Å². The largest absolute Gasteiger partial charge is 0.496 e. The Morgan fingerprint density at radius 2 is 1.54 bits per heavy atom. The summed E-state index contributed by atoms with van der Waals surface area (Å²) in [5, 5.41) is 1.42. The average molecular weight is 383 g/mol. The third-order valence-corrected chi connectivity index (χ3v) is 5.54. The van der Waals surface area contributed by atoms with E-state index >= 15 is 0 Å². The maximum atomic E-state index is 12.7. The van der Waals surface area contributed by atoms with Gasteiger partial charge in [0.2, 0.25) is 0 Å². The summed E-state index contributed by atoms with van der Waals surface area (Å²) in [6.07, 6.45) is 0. The predicted octanol–water partition coefficient (Wildman–Crippen LogP) is 4.92. The van der Waals surface area contributed by atoms with Crippen molar-refractivity contribution in [3.05, 3.63) is 64.6 Å². The van der Waals surface area contributed by atoms with Crippen LogP contribution in [0.1, 0.15) is 0 Å². The minimum atomic E-state index is -4.10. The van der Waals surface area contributed by atoms with Crippen LogP contribution >= 0.6 is 23.2 Å². The van der Waals surface area contributed by atoms with Crippen molar-refractivity contribution in [3.63, 3.8) is 0 Å². The zero-order chi connectivity index (χ0) is 17.3. The fourth-order valence-electron chi connectivity index (χ4n) is 2.35. The van der Waals surface area contributed by atoms with Crippen molar-refractivity contribution < 1.29 is 17.3 Å². The molecule has 0 bridgehead atoms. The number of halogens is 2. The minimum absolute atomic E-state index is 0.0231. The van der Waals surface area contributed by atoms with E-state index in [2.05, 4.69) is 0 Å². The summed E-state index contributed by atoms with van der Waals surface area (Å²) in [5.74, 6) is 0.550. The maximum absolute atomic E-state index is 12.7. The Bertz CT molecular complexity index is 1020. The van der Waals surface area contributed by atoms with E-state index in [1.165, 1.54) is 19.2 Å². The molecule has 0 aliphatic carbocycles. The molecule has 0 heterocycles. The van der Waals surface area contributed by atoms with Gasteiger partial charge in [0.25, 0.3) is 0 Å². The van der Waals surface area contributed by atoms with Gasteiger partial charge in [-0.3, -0.25) is 0 Å². The number of hydrogen-bond donors (Lipinski definition) is 0. The van der Waals surface area contributed by atoms with Gasteiger partial charge < -0.3 is 8.92 Å². The first-order chi connectivity index (χ1) is 11.4. The van der Waals surface area contributed by atoms with Gasteiger partial charge in [-0.2, -0.15) is 8.42 Å². The van der Waals surface area contributed by atoms with E-state index < -0.39 is 10.1 Å². The highest BCUT2D eigenvalue weighted by molar-refractivity contribution is 7.87. The molecule has 0 fully saturated rings. The van der Waals surface area contributed by atoms with Crippen LogP contribution in [0.4, 0.5) is 0 Å². The molecule has 0 aliphatic heterocycles. The first-order valence-corrected chi connectivity index (χ1v) is 9.04. The van der Waals surface area contributed by atoms with Crippen molar-refractivity contribution in [2.45, 2.75) is 4.90 Å². The van der Waals surface area contributed by atoms with Gasteiger partial charge in [-0.15, -0.1) is 0 Å². The Labute approximate surface area is 149 Å². The molecule has 4 nitrogen and oxygen atoms in total. The Kier molecular flexibility index (Phi) is 4.58. The molecular weight excluding hydrogens is 371 g/mol. The molecule has 3 aromatic carbocycles. The highest BCUT2D eigenvalue weighted by Crippen LogP contribution is 2.36. The van der Waals surface area contributed by atoms with Gasteiger partial charge in [0, 0.05) is 10.8 Å². The van der Waals surface area contributed by atoms with Crippen LogP contribution in [0.25, 0.3) is 10.8 Å². The summed E-state index contributed by atoms with van der Waals surface area (Å²) in [4.78, 5) is 0.0231. The van der Waals surface area contributed by atoms with Crippen LogP contribution in [0.15, 0.2) is 59.5 Å². The second kappa shape index (κ2) is 6.51. The van der Waals surface area contributed by atoms with Gasteiger partial charge in [-0.1, -0.05) is 53.5 Å². The molecule has 7 heteroatoms.